The summed E-state index contributed by atoms with van der Waals surface area (Å²) in [6, 6.07) is -0.281. The number of carboxylic acid groups (broad SMARTS) is 1. The lowest BCUT2D eigenvalue weighted by Crippen LogP contribution is -2.44. The Labute approximate surface area is 89.4 Å². The molecule has 2 N–H and O–H groups in total. The van der Waals surface area contributed by atoms with Gasteiger partial charge in [-0.15, -0.1) is 0 Å². The van der Waals surface area contributed by atoms with Gasteiger partial charge in [0, 0.05) is 12.6 Å². The van der Waals surface area contributed by atoms with Crippen molar-refractivity contribution in [3.63, 3.8) is 0 Å². The fourth-order valence-electron chi connectivity index (χ4n) is 1.45. The number of hydrogen-bond acceptors (Lipinski definition) is 3. The predicted octanol–water partition coefficient (Wildman–Crippen LogP) is 0.0600. The minimum atomic E-state index is -0.933. The Morgan fingerprint density at radius 2 is 2.13 bits per heavy atom. The Morgan fingerprint density at radius 3 is 2.53 bits per heavy atom. The molecule has 0 spiro atoms. The van der Waals surface area contributed by atoms with Crippen LogP contribution < -0.4 is 5.32 Å². The molecule has 1 aliphatic rings. The van der Waals surface area contributed by atoms with E-state index in [-0.39, 0.29) is 12.5 Å². The van der Waals surface area contributed by atoms with E-state index in [0.29, 0.717) is 12.6 Å². The molecule has 15 heavy (non-hydrogen) atoms. The molecule has 1 rings (SSSR count). The SMILES string of the molecule is CCN(C(=O)CNC(C)C(=O)O)C1CC1. The first-order valence-electron chi connectivity index (χ1n) is 5.32. The maximum atomic E-state index is 11.7. The highest BCUT2D eigenvalue weighted by Crippen LogP contribution is 2.26. The van der Waals surface area contributed by atoms with Crippen LogP contribution in [0.1, 0.15) is 26.7 Å². The Morgan fingerprint density at radius 1 is 1.53 bits per heavy atom. The molecule has 0 aliphatic heterocycles. The van der Waals surface area contributed by atoms with Gasteiger partial charge in [0.2, 0.25) is 5.91 Å². The van der Waals surface area contributed by atoms with Crippen LogP contribution in [-0.4, -0.2) is 47.1 Å². The molecule has 0 saturated heterocycles. The zero-order valence-corrected chi connectivity index (χ0v) is 9.19. The lowest BCUT2D eigenvalue weighted by Gasteiger charge is -2.21. The van der Waals surface area contributed by atoms with Crippen molar-refractivity contribution in [3.05, 3.63) is 0 Å². The second kappa shape index (κ2) is 5.11. The Bertz CT molecular complexity index is 251. The van der Waals surface area contributed by atoms with E-state index >= 15 is 0 Å². The molecule has 0 aromatic rings. The number of nitrogens with one attached hydrogen (secondary N) is 1. The van der Waals surface area contributed by atoms with Crippen LogP contribution in [-0.2, 0) is 9.59 Å². The second-order valence-electron chi connectivity index (χ2n) is 3.85. The maximum Gasteiger partial charge on any atom is 0.320 e. The number of aliphatic carboxylic acids is 1. The van der Waals surface area contributed by atoms with E-state index in [2.05, 4.69) is 5.32 Å². The van der Waals surface area contributed by atoms with Gasteiger partial charge >= 0.3 is 5.97 Å². The van der Waals surface area contributed by atoms with Crippen LogP contribution in [0.2, 0.25) is 0 Å². The summed E-state index contributed by atoms with van der Waals surface area (Å²) < 4.78 is 0. The highest BCUT2D eigenvalue weighted by atomic mass is 16.4. The summed E-state index contributed by atoms with van der Waals surface area (Å²) in [6.45, 7) is 4.28. The van der Waals surface area contributed by atoms with Crippen molar-refractivity contribution in [2.45, 2.75) is 38.8 Å². The molecule has 0 heterocycles. The Hall–Kier alpha value is -1.10. The quantitative estimate of drug-likeness (QED) is 0.656. The molecule has 1 saturated carbocycles. The number of carboxylic acids is 1. The first kappa shape index (κ1) is 12.0. The van der Waals surface area contributed by atoms with Crippen molar-refractivity contribution in [2.24, 2.45) is 0 Å². The number of hydrogen-bond donors (Lipinski definition) is 2. The summed E-state index contributed by atoms with van der Waals surface area (Å²) in [5.41, 5.74) is 0. The standard InChI is InChI=1S/C10H18N2O3/c1-3-12(8-4-5-8)9(13)6-11-7(2)10(14)15/h7-8,11H,3-6H2,1-2H3,(H,14,15). The molecule has 1 aliphatic carbocycles. The van der Waals surface area contributed by atoms with Crippen LogP contribution in [0.15, 0.2) is 0 Å². The number of rotatable bonds is 6. The van der Waals surface area contributed by atoms with Crippen molar-refractivity contribution in [1.29, 1.82) is 0 Å². The van der Waals surface area contributed by atoms with E-state index in [4.69, 9.17) is 5.11 Å². The molecule has 5 heteroatoms. The number of amides is 1. The Balaban J connectivity index is 2.30. The summed E-state index contributed by atoms with van der Waals surface area (Å²) >= 11 is 0. The van der Waals surface area contributed by atoms with E-state index in [1.54, 1.807) is 0 Å². The minimum Gasteiger partial charge on any atom is -0.480 e. The fourth-order valence-corrected chi connectivity index (χ4v) is 1.45. The first-order valence-corrected chi connectivity index (χ1v) is 5.32. The van der Waals surface area contributed by atoms with Gasteiger partial charge in [-0.25, -0.2) is 0 Å². The van der Waals surface area contributed by atoms with Crippen LogP contribution >= 0.6 is 0 Å². The molecule has 0 radical (unpaired) electrons. The number of carbonyl (C=O) groups is 2. The van der Waals surface area contributed by atoms with Gasteiger partial charge in [-0.2, -0.15) is 0 Å². The van der Waals surface area contributed by atoms with Gasteiger partial charge in [-0.05, 0) is 26.7 Å². The highest BCUT2D eigenvalue weighted by Gasteiger charge is 2.31. The topological polar surface area (TPSA) is 69.6 Å². The van der Waals surface area contributed by atoms with Crippen molar-refractivity contribution in [3.8, 4) is 0 Å². The van der Waals surface area contributed by atoms with Crippen LogP contribution in [0.4, 0.5) is 0 Å². The van der Waals surface area contributed by atoms with Gasteiger partial charge in [-0.3, -0.25) is 14.9 Å². The minimum absolute atomic E-state index is 0.00639. The molecule has 1 atom stereocenters. The molecule has 0 bridgehead atoms. The van der Waals surface area contributed by atoms with Gasteiger partial charge in [0.25, 0.3) is 0 Å². The van der Waals surface area contributed by atoms with Crippen molar-refractivity contribution in [2.75, 3.05) is 13.1 Å². The largest absolute Gasteiger partial charge is 0.480 e. The number of likely N-dealkylation sites (N-methyl/N-ethyl adjacent to an activating group) is 1. The summed E-state index contributed by atoms with van der Waals surface area (Å²) in [4.78, 5) is 24.0. The van der Waals surface area contributed by atoms with E-state index in [0.717, 1.165) is 12.8 Å². The molecule has 1 unspecified atom stereocenters. The summed E-state index contributed by atoms with van der Waals surface area (Å²) in [5.74, 6) is -0.939. The average molecular weight is 214 g/mol. The zero-order chi connectivity index (χ0) is 11.4. The van der Waals surface area contributed by atoms with E-state index in [1.807, 2.05) is 11.8 Å². The van der Waals surface area contributed by atoms with Crippen LogP contribution in [0.3, 0.4) is 0 Å². The van der Waals surface area contributed by atoms with Gasteiger partial charge in [0.05, 0.1) is 6.54 Å². The molecule has 0 aromatic heterocycles. The molecular weight excluding hydrogens is 196 g/mol. The zero-order valence-electron chi connectivity index (χ0n) is 9.19. The summed E-state index contributed by atoms with van der Waals surface area (Å²) in [7, 11) is 0. The van der Waals surface area contributed by atoms with E-state index < -0.39 is 12.0 Å². The van der Waals surface area contributed by atoms with Crippen LogP contribution in [0, 0.1) is 0 Å². The third-order valence-electron chi connectivity index (χ3n) is 2.58. The fraction of sp³-hybridized carbons (Fsp3) is 0.800. The number of nitrogens with zero attached hydrogens (tertiary/aromatic N) is 1. The number of carbonyl (C=O) groups excluding carboxylic acids is 1. The normalized spacial score (nSPS) is 17.2. The van der Waals surface area contributed by atoms with Gasteiger partial charge in [-0.1, -0.05) is 0 Å². The molecular formula is C10H18N2O3. The molecule has 1 fully saturated rings. The third kappa shape index (κ3) is 3.51. The van der Waals surface area contributed by atoms with Gasteiger partial charge < -0.3 is 10.0 Å². The maximum absolute atomic E-state index is 11.7. The first-order chi connectivity index (χ1) is 7.06. The van der Waals surface area contributed by atoms with Crippen LogP contribution in [0.25, 0.3) is 0 Å². The average Bonchev–Trinajstić information content (AvgIpc) is 2.99. The molecule has 5 nitrogen and oxygen atoms in total. The molecule has 86 valence electrons. The lowest BCUT2D eigenvalue weighted by atomic mass is 10.3. The second-order valence-corrected chi connectivity index (χ2v) is 3.85. The molecule has 0 aromatic carbocycles. The van der Waals surface area contributed by atoms with E-state index in [9.17, 15) is 9.59 Å². The third-order valence-corrected chi connectivity index (χ3v) is 2.58. The van der Waals surface area contributed by atoms with Crippen molar-refractivity contribution >= 4 is 11.9 Å². The van der Waals surface area contributed by atoms with Crippen LogP contribution in [0.5, 0.6) is 0 Å². The monoisotopic (exact) mass is 214 g/mol. The lowest BCUT2D eigenvalue weighted by molar-refractivity contribution is -0.139. The summed E-state index contributed by atoms with van der Waals surface area (Å²) in [6.07, 6.45) is 2.15. The smallest absolute Gasteiger partial charge is 0.320 e. The van der Waals surface area contributed by atoms with Crippen molar-refractivity contribution < 1.29 is 14.7 Å². The van der Waals surface area contributed by atoms with Crippen molar-refractivity contribution in [1.82, 2.24) is 10.2 Å². The van der Waals surface area contributed by atoms with E-state index in [1.165, 1.54) is 6.92 Å². The predicted molar refractivity (Wildman–Crippen MR) is 55.5 cm³/mol. The van der Waals surface area contributed by atoms with Gasteiger partial charge in [0.1, 0.15) is 6.04 Å². The highest BCUT2D eigenvalue weighted by molar-refractivity contribution is 5.80. The summed E-state index contributed by atoms with van der Waals surface area (Å²) in [5, 5.41) is 11.3. The molecule has 1 amide bonds. The van der Waals surface area contributed by atoms with Gasteiger partial charge in [0.15, 0.2) is 0 Å². The Kier molecular flexibility index (Phi) is 4.08.